The summed E-state index contributed by atoms with van der Waals surface area (Å²) in [6.45, 7) is 4.55. The van der Waals surface area contributed by atoms with Gasteiger partial charge in [0.1, 0.15) is 23.2 Å². The van der Waals surface area contributed by atoms with E-state index in [1.165, 1.54) is 15.9 Å². The summed E-state index contributed by atoms with van der Waals surface area (Å²) < 4.78 is 59.2. The Hall–Kier alpha value is -2.20. The van der Waals surface area contributed by atoms with Gasteiger partial charge in [0.2, 0.25) is 0 Å². The van der Waals surface area contributed by atoms with Crippen LogP contribution in [0.1, 0.15) is 6.42 Å². The third-order valence-corrected chi connectivity index (χ3v) is 8.70. The number of hydrogen-bond acceptors (Lipinski definition) is 1. The number of aliphatic hydroxyl groups is 1. The summed E-state index contributed by atoms with van der Waals surface area (Å²) in [5.74, 6) is 0. The predicted octanol–water partition coefficient (Wildman–Crippen LogP) is 7.26. The third kappa shape index (κ3) is 7.77. The van der Waals surface area contributed by atoms with Crippen LogP contribution >= 0.6 is 15.1 Å². The van der Waals surface area contributed by atoms with Gasteiger partial charge in [-0.05, 0) is 36.4 Å². The van der Waals surface area contributed by atoms with Crippen molar-refractivity contribution in [1.29, 1.82) is 0 Å². The first-order valence-electron chi connectivity index (χ1n) is 9.16. The van der Waals surface area contributed by atoms with E-state index < -0.39 is 15.1 Å². The summed E-state index contributed by atoms with van der Waals surface area (Å²) >= 11 is 0. The Kier molecular flexibility index (Phi) is 7.07. The summed E-state index contributed by atoms with van der Waals surface area (Å²) in [4.78, 5) is 0. The van der Waals surface area contributed by atoms with Gasteiger partial charge in [-0.3, -0.25) is 0 Å². The molecule has 0 atom stereocenters. The molecule has 0 heterocycles. The zero-order valence-electron chi connectivity index (χ0n) is 16.4. The van der Waals surface area contributed by atoms with Crippen molar-refractivity contribution in [1.82, 2.24) is 0 Å². The van der Waals surface area contributed by atoms with E-state index >= 15 is 0 Å². The van der Waals surface area contributed by atoms with E-state index in [1.807, 2.05) is 18.2 Å². The van der Waals surface area contributed by atoms with Gasteiger partial charge in [0, 0.05) is 6.42 Å². The Balaban J connectivity index is 0.000000423. The molecule has 9 heteroatoms. The fourth-order valence-corrected chi connectivity index (χ4v) is 7.53. The Morgan fingerprint density at radius 3 is 1.13 bits per heavy atom. The van der Waals surface area contributed by atoms with Crippen LogP contribution in [0.15, 0.2) is 103 Å². The molecule has 0 aliphatic carbocycles. The van der Waals surface area contributed by atoms with Gasteiger partial charge in [-0.15, -0.1) is 0 Å². The fourth-order valence-electron chi connectivity index (χ4n) is 3.25. The van der Waals surface area contributed by atoms with Gasteiger partial charge >= 0.3 is 33.0 Å². The van der Waals surface area contributed by atoms with E-state index in [4.69, 9.17) is 0 Å². The molecule has 0 aromatic heterocycles. The summed E-state index contributed by atoms with van der Waals surface area (Å²) in [6, 6.07) is 31.8. The Labute approximate surface area is 177 Å². The molecule has 1 nitrogen and oxygen atoms in total. The molecule has 0 amide bonds. The van der Waals surface area contributed by atoms with E-state index in [0.717, 1.165) is 5.31 Å². The molecule has 3 aromatic carbocycles. The first kappa shape index (κ1) is 25.1. The summed E-state index contributed by atoms with van der Waals surface area (Å²) in [7, 11) is -12.7. The van der Waals surface area contributed by atoms with Crippen molar-refractivity contribution in [2.45, 2.75) is 6.42 Å². The summed E-state index contributed by atoms with van der Waals surface area (Å²) in [6.07, 6.45) is 0.604. The van der Waals surface area contributed by atoms with Crippen molar-refractivity contribution in [3.63, 3.8) is 0 Å². The zero-order chi connectivity index (χ0) is 23.2. The van der Waals surface area contributed by atoms with Gasteiger partial charge in [-0.1, -0.05) is 61.2 Å². The molecule has 168 valence electrons. The molecular weight excluding hydrogens is 456 g/mol. The van der Waals surface area contributed by atoms with E-state index in [0.29, 0.717) is 6.42 Å². The Morgan fingerprint density at radius 1 is 0.645 bits per heavy atom. The molecule has 3 rings (SSSR count). The van der Waals surface area contributed by atoms with Crippen LogP contribution in [0.4, 0.5) is 25.2 Å². The second-order valence-electron chi connectivity index (χ2n) is 6.68. The molecule has 0 unspecified atom stereocenters. The van der Waals surface area contributed by atoms with Crippen molar-refractivity contribution in [3.05, 3.63) is 103 Å². The van der Waals surface area contributed by atoms with Gasteiger partial charge in [-0.2, -0.15) is 0 Å². The molecule has 31 heavy (non-hydrogen) atoms. The normalized spacial score (nSPS) is 13.9. The molecule has 0 spiro atoms. The van der Waals surface area contributed by atoms with Crippen molar-refractivity contribution in [2.75, 3.05) is 6.61 Å². The van der Waals surface area contributed by atoms with Crippen LogP contribution in [0.25, 0.3) is 0 Å². The van der Waals surface area contributed by atoms with E-state index in [2.05, 4.69) is 79.4 Å². The molecular formula is C22H22F6OP2. The predicted molar refractivity (Wildman–Crippen MR) is 120 cm³/mol. The van der Waals surface area contributed by atoms with Crippen molar-refractivity contribution in [2.24, 2.45) is 0 Å². The maximum absolute atomic E-state index is 10.7. The SMILES string of the molecule is C=C(CCO)[P+](c1ccccc1)(c1ccccc1)c1ccccc1.F[P-](F)(F)(F)(F)F. The zero-order valence-corrected chi connectivity index (χ0v) is 18.2. The molecule has 0 radical (unpaired) electrons. The van der Waals surface area contributed by atoms with Gasteiger partial charge in [0.05, 0.1) is 11.9 Å². The van der Waals surface area contributed by atoms with Crippen LogP contribution in [0.5, 0.6) is 0 Å². The third-order valence-electron chi connectivity index (χ3n) is 4.31. The molecule has 0 saturated heterocycles. The van der Waals surface area contributed by atoms with Crippen LogP contribution in [-0.2, 0) is 0 Å². The topological polar surface area (TPSA) is 20.2 Å². The van der Waals surface area contributed by atoms with Gasteiger partial charge < -0.3 is 5.11 Å². The molecule has 0 fully saturated rings. The van der Waals surface area contributed by atoms with Crippen LogP contribution < -0.4 is 15.9 Å². The molecule has 0 saturated carbocycles. The molecule has 0 bridgehead atoms. The molecule has 0 aliphatic rings. The minimum absolute atomic E-state index is 0.118. The number of benzene rings is 3. The second kappa shape index (κ2) is 8.74. The number of halogens is 6. The number of hydrogen-bond donors (Lipinski definition) is 1. The second-order valence-corrected chi connectivity index (χ2v) is 12.1. The van der Waals surface area contributed by atoms with Crippen molar-refractivity contribution < 1.29 is 30.3 Å². The van der Waals surface area contributed by atoms with Crippen LogP contribution in [0.3, 0.4) is 0 Å². The minimum atomic E-state index is -10.7. The van der Waals surface area contributed by atoms with Crippen LogP contribution in [0.2, 0.25) is 0 Å². The van der Waals surface area contributed by atoms with Crippen LogP contribution in [0, 0.1) is 0 Å². The maximum atomic E-state index is 9.87. The average molecular weight is 478 g/mol. The molecule has 1 N–H and O–H groups in total. The van der Waals surface area contributed by atoms with E-state index in [1.54, 1.807) is 0 Å². The molecule has 0 aliphatic heterocycles. The first-order chi connectivity index (χ1) is 14.2. The first-order valence-corrected chi connectivity index (χ1v) is 13.0. The van der Waals surface area contributed by atoms with Crippen LogP contribution in [-0.4, -0.2) is 11.7 Å². The fraction of sp³-hybridized carbons (Fsp3) is 0.0909. The van der Waals surface area contributed by atoms with Gasteiger partial charge in [0.25, 0.3) is 0 Å². The quantitative estimate of drug-likeness (QED) is 0.292. The number of rotatable bonds is 6. The van der Waals surface area contributed by atoms with E-state index in [-0.39, 0.29) is 6.61 Å². The van der Waals surface area contributed by atoms with Crippen molar-refractivity contribution in [3.8, 4) is 0 Å². The summed E-state index contributed by atoms with van der Waals surface area (Å²) in [5, 5.41) is 14.5. The summed E-state index contributed by atoms with van der Waals surface area (Å²) in [5.41, 5.74) is 0. The van der Waals surface area contributed by atoms with E-state index in [9.17, 15) is 30.3 Å². The van der Waals surface area contributed by atoms with Gasteiger partial charge in [-0.25, -0.2) is 0 Å². The Bertz CT molecular complexity index is 884. The molecule has 3 aromatic rings. The Morgan fingerprint density at radius 2 is 0.903 bits per heavy atom. The number of aliphatic hydroxyl groups excluding tert-OH is 1. The van der Waals surface area contributed by atoms with Crippen molar-refractivity contribution >= 4 is 31.0 Å². The standard InChI is InChI=1S/C22H22OP.F6P/c1-19(17-18-23)24(20-11-5-2-6-12-20,21-13-7-3-8-14-21)22-15-9-4-10-16-22;1-7(2,3,4,5)6/h2-16,23H,1,17-18H2;/q+1;-1. The van der Waals surface area contributed by atoms with Gasteiger partial charge in [0.15, 0.2) is 0 Å². The average Bonchev–Trinajstić information content (AvgIpc) is 2.69. The monoisotopic (exact) mass is 478 g/mol.